The molecule has 1 saturated carbocycles. The number of carbonyl (C=O) groups is 1. The number of amides is 1. The van der Waals surface area contributed by atoms with Crippen molar-refractivity contribution in [1.82, 2.24) is 10.2 Å². The molecule has 1 fully saturated rings. The predicted octanol–water partition coefficient (Wildman–Crippen LogP) is 2.61. The van der Waals surface area contributed by atoms with E-state index in [2.05, 4.69) is 15.5 Å². The molecule has 0 unspecified atom stereocenters. The summed E-state index contributed by atoms with van der Waals surface area (Å²) in [5, 5.41) is 12.5. The zero-order valence-corrected chi connectivity index (χ0v) is 13.3. The third-order valence-electron chi connectivity index (χ3n) is 3.46. The van der Waals surface area contributed by atoms with Crippen molar-refractivity contribution in [2.24, 2.45) is 0 Å². The van der Waals surface area contributed by atoms with Crippen molar-refractivity contribution in [2.75, 3.05) is 19.5 Å². The number of anilines is 1. The van der Waals surface area contributed by atoms with Crippen molar-refractivity contribution in [3.8, 4) is 11.5 Å². The molecule has 1 aromatic heterocycles. The van der Waals surface area contributed by atoms with Gasteiger partial charge in [0.2, 0.25) is 11.0 Å². The van der Waals surface area contributed by atoms with Gasteiger partial charge in [0.1, 0.15) is 16.5 Å². The number of methoxy groups -OCH3 is 2. The van der Waals surface area contributed by atoms with Crippen molar-refractivity contribution >= 4 is 22.4 Å². The van der Waals surface area contributed by atoms with Gasteiger partial charge < -0.3 is 14.8 Å². The molecule has 0 saturated heterocycles. The van der Waals surface area contributed by atoms with Gasteiger partial charge in [0.05, 0.1) is 20.6 Å². The Morgan fingerprint density at radius 2 is 2.14 bits per heavy atom. The first kappa shape index (κ1) is 14.8. The highest BCUT2D eigenvalue weighted by molar-refractivity contribution is 7.15. The number of ether oxygens (including phenoxy) is 2. The Labute approximate surface area is 132 Å². The normalized spacial score (nSPS) is 13.7. The summed E-state index contributed by atoms with van der Waals surface area (Å²) in [7, 11) is 3.16. The topological polar surface area (TPSA) is 73.3 Å². The van der Waals surface area contributed by atoms with E-state index in [4.69, 9.17) is 9.47 Å². The van der Waals surface area contributed by atoms with Crippen LogP contribution in [-0.4, -0.2) is 30.3 Å². The van der Waals surface area contributed by atoms with Crippen LogP contribution in [-0.2, 0) is 11.2 Å². The monoisotopic (exact) mass is 319 g/mol. The van der Waals surface area contributed by atoms with Crippen molar-refractivity contribution in [3.05, 3.63) is 28.8 Å². The average Bonchev–Trinajstić information content (AvgIpc) is 3.28. The molecular weight excluding hydrogens is 302 g/mol. The Balaban J connectivity index is 1.65. The summed E-state index contributed by atoms with van der Waals surface area (Å²) in [5.41, 5.74) is 0.799. The van der Waals surface area contributed by atoms with E-state index in [1.807, 2.05) is 6.07 Å². The van der Waals surface area contributed by atoms with Crippen molar-refractivity contribution in [2.45, 2.75) is 25.2 Å². The number of rotatable bonds is 6. The van der Waals surface area contributed by atoms with Crippen LogP contribution < -0.4 is 14.8 Å². The Kier molecular flexibility index (Phi) is 4.24. The number of nitrogens with zero attached hydrogens (tertiary/aromatic N) is 2. The molecule has 1 aliphatic carbocycles. The van der Waals surface area contributed by atoms with Crippen LogP contribution in [0.15, 0.2) is 18.2 Å². The van der Waals surface area contributed by atoms with E-state index in [-0.39, 0.29) is 12.3 Å². The molecule has 1 heterocycles. The van der Waals surface area contributed by atoms with E-state index in [0.29, 0.717) is 22.5 Å². The molecule has 6 nitrogen and oxygen atoms in total. The molecule has 116 valence electrons. The molecule has 0 bridgehead atoms. The fraction of sp³-hybridized carbons (Fsp3) is 0.400. The summed E-state index contributed by atoms with van der Waals surface area (Å²) in [4.78, 5) is 12.1. The van der Waals surface area contributed by atoms with Gasteiger partial charge in [-0.1, -0.05) is 17.4 Å². The Bertz CT molecular complexity index is 682. The molecule has 1 amide bonds. The first-order valence-electron chi connectivity index (χ1n) is 7.03. The van der Waals surface area contributed by atoms with E-state index in [0.717, 1.165) is 10.6 Å². The minimum absolute atomic E-state index is 0.137. The van der Waals surface area contributed by atoms with E-state index in [9.17, 15) is 4.79 Å². The number of aromatic nitrogens is 2. The second-order valence-corrected chi connectivity index (χ2v) is 6.13. The van der Waals surface area contributed by atoms with Crippen LogP contribution in [0.25, 0.3) is 0 Å². The van der Waals surface area contributed by atoms with Crippen LogP contribution in [0.3, 0.4) is 0 Å². The van der Waals surface area contributed by atoms with Gasteiger partial charge in [-0.25, -0.2) is 0 Å². The third kappa shape index (κ3) is 3.36. The van der Waals surface area contributed by atoms with E-state index < -0.39 is 0 Å². The smallest absolute Gasteiger partial charge is 0.230 e. The van der Waals surface area contributed by atoms with Crippen molar-refractivity contribution in [1.29, 1.82) is 0 Å². The molecule has 3 rings (SSSR count). The lowest BCUT2D eigenvalue weighted by Gasteiger charge is -2.09. The van der Waals surface area contributed by atoms with Crippen LogP contribution in [0.4, 0.5) is 5.13 Å². The van der Waals surface area contributed by atoms with Crippen LogP contribution >= 0.6 is 11.3 Å². The van der Waals surface area contributed by atoms with E-state index in [1.165, 1.54) is 24.2 Å². The Hall–Kier alpha value is -2.15. The minimum Gasteiger partial charge on any atom is -0.497 e. The lowest BCUT2D eigenvalue weighted by atomic mass is 10.1. The molecular formula is C15H17N3O3S. The second kappa shape index (κ2) is 6.31. The highest BCUT2D eigenvalue weighted by atomic mass is 32.1. The van der Waals surface area contributed by atoms with Gasteiger partial charge in [0.15, 0.2) is 0 Å². The summed E-state index contributed by atoms with van der Waals surface area (Å²) in [6.45, 7) is 0. The van der Waals surface area contributed by atoms with E-state index in [1.54, 1.807) is 26.4 Å². The summed E-state index contributed by atoms with van der Waals surface area (Å²) < 4.78 is 10.4. The summed E-state index contributed by atoms with van der Waals surface area (Å²) in [5.74, 6) is 1.73. The molecule has 1 aromatic carbocycles. The van der Waals surface area contributed by atoms with Crippen LogP contribution in [0.2, 0.25) is 0 Å². The zero-order chi connectivity index (χ0) is 15.5. The molecule has 0 aliphatic heterocycles. The van der Waals surface area contributed by atoms with Crippen LogP contribution in [0, 0.1) is 0 Å². The number of carbonyl (C=O) groups excluding carboxylic acids is 1. The molecule has 0 radical (unpaired) electrons. The van der Waals surface area contributed by atoms with Gasteiger partial charge in [-0.2, -0.15) is 0 Å². The summed E-state index contributed by atoms with van der Waals surface area (Å²) >= 11 is 1.45. The molecule has 7 heteroatoms. The fourth-order valence-corrected chi connectivity index (χ4v) is 3.04. The maximum atomic E-state index is 12.1. The maximum absolute atomic E-state index is 12.1. The summed E-state index contributed by atoms with van der Waals surface area (Å²) in [6, 6.07) is 5.40. The fourth-order valence-electron chi connectivity index (χ4n) is 2.11. The maximum Gasteiger partial charge on any atom is 0.230 e. The average molecular weight is 319 g/mol. The minimum atomic E-state index is -0.137. The van der Waals surface area contributed by atoms with Gasteiger partial charge in [0, 0.05) is 17.5 Å². The van der Waals surface area contributed by atoms with Crippen LogP contribution in [0.5, 0.6) is 11.5 Å². The standard InChI is InChI=1S/C15H17N3O3S/c1-20-11-6-5-10(12(8-11)21-2)7-13(19)16-15-18-17-14(22-15)9-3-4-9/h5-6,8-9H,3-4,7H2,1-2H3,(H,16,18,19). The molecule has 1 N–H and O–H groups in total. The van der Waals surface area contributed by atoms with Crippen molar-refractivity contribution < 1.29 is 14.3 Å². The molecule has 0 spiro atoms. The SMILES string of the molecule is COc1ccc(CC(=O)Nc2nnc(C3CC3)s2)c(OC)c1. The number of hydrogen-bond donors (Lipinski definition) is 1. The molecule has 1 aliphatic rings. The lowest BCUT2D eigenvalue weighted by Crippen LogP contribution is -2.14. The predicted molar refractivity (Wildman–Crippen MR) is 83.8 cm³/mol. The number of benzene rings is 1. The second-order valence-electron chi connectivity index (χ2n) is 5.12. The van der Waals surface area contributed by atoms with Gasteiger partial charge in [-0.3, -0.25) is 4.79 Å². The van der Waals surface area contributed by atoms with Gasteiger partial charge in [-0.05, 0) is 18.9 Å². The first-order chi connectivity index (χ1) is 10.7. The molecule has 22 heavy (non-hydrogen) atoms. The van der Waals surface area contributed by atoms with Crippen molar-refractivity contribution in [3.63, 3.8) is 0 Å². The molecule has 0 atom stereocenters. The zero-order valence-electron chi connectivity index (χ0n) is 12.5. The quantitative estimate of drug-likeness (QED) is 0.886. The third-order valence-corrected chi connectivity index (χ3v) is 4.46. The summed E-state index contributed by atoms with van der Waals surface area (Å²) in [6.07, 6.45) is 2.56. The largest absolute Gasteiger partial charge is 0.497 e. The first-order valence-corrected chi connectivity index (χ1v) is 7.85. The van der Waals surface area contributed by atoms with Gasteiger partial charge >= 0.3 is 0 Å². The Morgan fingerprint density at radius 1 is 1.32 bits per heavy atom. The number of nitrogens with one attached hydrogen (secondary N) is 1. The lowest BCUT2D eigenvalue weighted by molar-refractivity contribution is -0.115. The highest BCUT2D eigenvalue weighted by Gasteiger charge is 2.27. The highest BCUT2D eigenvalue weighted by Crippen LogP contribution is 2.42. The van der Waals surface area contributed by atoms with Gasteiger partial charge in [0.25, 0.3) is 0 Å². The van der Waals surface area contributed by atoms with E-state index >= 15 is 0 Å². The molecule has 2 aromatic rings. The van der Waals surface area contributed by atoms with Gasteiger partial charge in [-0.15, -0.1) is 10.2 Å². The van der Waals surface area contributed by atoms with Crippen LogP contribution in [0.1, 0.15) is 29.3 Å². The number of hydrogen-bond acceptors (Lipinski definition) is 6. The Morgan fingerprint density at radius 3 is 2.82 bits per heavy atom.